The van der Waals surface area contributed by atoms with Crippen LogP contribution in [0.1, 0.15) is 6.42 Å². The lowest BCUT2D eigenvalue weighted by molar-refractivity contribution is -0.117. The summed E-state index contributed by atoms with van der Waals surface area (Å²) in [5, 5.41) is 0. The lowest BCUT2D eigenvalue weighted by Gasteiger charge is -2.15. The molecule has 2 heterocycles. The summed E-state index contributed by atoms with van der Waals surface area (Å²) >= 11 is 3.46. The van der Waals surface area contributed by atoms with Gasteiger partial charge >= 0.3 is 0 Å². The highest BCUT2D eigenvalue weighted by Crippen LogP contribution is 2.27. The van der Waals surface area contributed by atoms with Crippen LogP contribution in [-0.4, -0.2) is 22.3 Å². The maximum Gasteiger partial charge on any atom is 0.228 e. The third-order valence-corrected chi connectivity index (χ3v) is 3.32. The number of carbonyl (C=O) groups is 1. The molecular formula is C11H9BrN2O2. The fourth-order valence-corrected chi connectivity index (χ4v) is 2.49. The van der Waals surface area contributed by atoms with Crippen LogP contribution < -0.4 is 4.90 Å². The highest BCUT2D eigenvalue weighted by Gasteiger charge is 2.28. The number of aromatic nitrogens is 1. The number of amides is 1. The zero-order valence-electron chi connectivity index (χ0n) is 8.39. The van der Waals surface area contributed by atoms with Gasteiger partial charge in [-0.1, -0.05) is 15.9 Å². The summed E-state index contributed by atoms with van der Waals surface area (Å²) in [7, 11) is 0. The van der Waals surface area contributed by atoms with Gasteiger partial charge in [0.1, 0.15) is 5.52 Å². The van der Waals surface area contributed by atoms with Crippen LogP contribution in [0, 0.1) is 0 Å². The molecule has 1 atom stereocenters. The molecular weight excluding hydrogens is 272 g/mol. The van der Waals surface area contributed by atoms with Crippen LogP contribution in [0.2, 0.25) is 0 Å². The number of rotatable bonds is 1. The zero-order chi connectivity index (χ0) is 11.1. The van der Waals surface area contributed by atoms with Gasteiger partial charge < -0.3 is 9.32 Å². The summed E-state index contributed by atoms with van der Waals surface area (Å²) < 4.78 is 5.22. The Labute approximate surface area is 100 Å². The van der Waals surface area contributed by atoms with Gasteiger partial charge in [-0.2, -0.15) is 0 Å². The molecule has 2 aromatic rings. The van der Waals surface area contributed by atoms with Crippen LogP contribution in [0.5, 0.6) is 0 Å². The lowest BCUT2D eigenvalue weighted by Crippen LogP contribution is -2.24. The first-order valence-corrected chi connectivity index (χ1v) is 5.93. The molecule has 0 saturated carbocycles. The van der Waals surface area contributed by atoms with Gasteiger partial charge in [0.25, 0.3) is 0 Å². The van der Waals surface area contributed by atoms with Gasteiger partial charge in [0.2, 0.25) is 5.91 Å². The van der Waals surface area contributed by atoms with Crippen molar-refractivity contribution in [2.75, 3.05) is 11.4 Å². The molecule has 1 amide bonds. The third-order valence-electron chi connectivity index (χ3n) is 2.70. The molecule has 3 rings (SSSR count). The van der Waals surface area contributed by atoms with Gasteiger partial charge in [0.05, 0.1) is 0 Å². The molecule has 5 heteroatoms. The van der Waals surface area contributed by atoms with E-state index in [1.165, 1.54) is 6.39 Å². The molecule has 0 bridgehead atoms. The Morgan fingerprint density at radius 3 is 3.12 bits per heavy atom. The Bertz CT molecular complexity index is 552. The smallest absolute Gasteiger partial charge is 0.228 e. The lowest BCUT2D eigenvalue weighted by atomic mass is 10.2. The average Bonchev–Trinajstić information content (AvgIpc) is 2.83. The largest absolute Gasteiger partial charge is 0.443 e. The first-order chi connectivity index (χ1) is 7.74. The molecule has 1 aliphatic heterocycles. The fraction of sp³-hybridized carbons (Fsp3) is 0.273. The molecule has 4 nitrogen and oxygen atoms in total. The van der Waals surface area contributed by atoms with Crippen LogP contribution in [0.4, 0.5) is 5.69 Å². The Morgan fingerprint density at radius 2 is 2.38 bits per heavy atom. The standard InChI is InChI=1S/C11H9BrN2O2/c12-7-3-11(15)14(5-7)8-1-2-9-10(4-8)16-6-13-9/h1-2,4,6-7H,3,5H2. The number of anilines is 1. The number of hydrogen-bond donors (Lipinski definition) is 0. The first-order valence-electron chi connectivity index (χ1n) is 5.02. The van der Waals surface area contributed by atoms with Gasteiger partial charge in [0.15, 0.2) is 12.0 Å². The minimum Gasteiger partial charge on any atom is -0.443 e. The number of nitrogens with zero attached hydrogens (tertiary/aromatic N) is 2. The molecule has 1 fully saturated rings. The maximum absolute atomic E-state index is 11.7. The minimum atomic E-state index is 0.140. The minimum absolute atomic E-state index is 0.140. The van der Waals surface area contributed by atoms with E-state index in [2.05, 4.69) is 20.9 Å². The topological polar surface area (TPSA) is 46.3 Å². The Kier molecular flexibility index (Phi) is 2.21. The van der Waals surface area contributed by atoms with Gasteiger partial charge in [-0.25, -0.2) is 4.98 Å². The van der Waals surface area contributed by atoms with Crippen LogP contribution >= 0.6 is 15.9 Å². The molecule has 1 aromatic carbocycles. The number of halogens is 1. The number of fused-ring (bicyclic) bond motifs is 1. The van der Waals surface area contributed by atoms with Crippen LogP contribution in [-0.2, 0) is 4.79 Å². The van der Waals surface area contributed by atoms with E-state index in [-0.39, 0.29) is 10.7 Å². The molecule has 0 spiro atoms. The molecule has 1 aliphatic rings. The summed E-state index contributed by atoms with van der Waals surface area (Å²) in [5.41, 5.74) is 2.39. The second-order valence-corrected chi connectivity index (χ2v) is 5.11. The van der Waals surface area contributed by atoms with Crippen molar-refractivity contribution in [1.29, 1.82) is 0 Å². The van der Waals surface area contributed by atoms with Crippen molar-refractivity contribution < 1.29 is 9.21 Å². The van der Waals surface area contributed by atoms with E-state index in [0.717, 1.165) is 11.2 Å². The molecule has 0 aliphatic carbocycles. The fourth-order valence-electron chi connectivity index (χ4n) is 1.93. The molecule has 0 N–H and O–H groups in total. The number of carbonyl (C=O) groups excluding carboxylic acids is 1. The van der Waals surface area contributed by atoms with E-state index in [1.807, 2.05) is 18.2 Å². The van der Waals surface area contributed by atoms with Crippen LogP contribution in [0.25, 0.3) is 11.1 Å². The van der Waals surface area contributed by atoms with Gasteiger partial charge in [-0.05, 0) is 12.1 Å². The SMILES string of the molecule is O=C1CC(Br)CN1c1ccc2ncoc2c1. The molecule has 1 unspecified atom stereocenters. The third kappa shape index (κ3) is 1.51. The molecule has 1 saturated heterocycles. The second kappa shape index (κ2) is 3.59. The van der Waals surface area contributed by atoms with Gasteiger partial charge in [-0.15, -0.1) is 0 Å². The maximum atomic E-state index is 11.7. The number of benzene rings is 1. The van der Waals surface area contributed by atoms with E-state index in [1.54, 1.807) is 4.90 Å². The van der Waals surface area contributed by atoms with Crippen LogP contribution in [0.15, 0.2) is 29.0 Å². The van der Waals surface area contributed by atoms with Crippen molar-refractivity contribution in [3.05, 3.63) is 24.6 Å². The van der Waals surface area contributed by atoms with E-state index in [0.29, 0.717) is 18.5 Å². The van der Waals surface area contributed by atoms with Crippen molar-refractivity contribution in [2.45, 2.75) is 11.2 Å². The van der Waals surface area contributed by atoms with E-state index >= 15 is 0 Å². The Balaban J connectivity index is 2.02. The van der Waals surface area contributed by atoms with Crippen molar-refractivity contribution in [3.63, 3.8) is 0 Å². The van der Waals surface area contributed by atoms with Crippen molar-refractivity contribution >= 4 is 38.6 Å². The van der Waals surface area contributed by atoms with Crippen molar-refractivity contribution in [3.8, 4) is 0 Å². The Morgan fingerprint density at radius 1 is 1.50 bits per heavy atom. The summed E-state index contributed by atoms with van der Waals surface area (Å²) in [5.74, 6) is 0.140. The molecule has 82 valence electrons. The highest BCUT2D eigenvalue weighted by atomic mass is 79.9. The summed E-state index contributed by atoms with van der Waals surface area (Å²) in [6.45, 7) is 0.707. The second-order valence-electron chi connectivity index (χ2n) is 3.81. The Hall–Kier alpha value is -1.36. The molecule has 0 radical (unpaired) electrons. The van der Waals surface area contributed by atoms with E-state index < -0.39 is 0 Å². The molecule has 1 aromatic heterocycles. The van der Waals surface area contributed by atoms with Crippen LogP contribution in [0.3, 0.4) is 0 Å². The summed E-state index contributed by atoms with van der Waals surface area (Å²) in [6.07, 6.45) is 1.96. The zero-order valence-corrected chi connectivity index (χ0v) is 9.98. The molecule has 16 heavy (non-hydrogen) atoms. The quantitative estimate of drug-likeness (QED) is 0.754. The predicted octanol–water partition coefficient (Wildman–Crippen LogP) is 2.33. The van der Waals surface area contributed by atoms with Gasteiger partial charge in [0, 0.05) is 29.5 Å². The highest BCUT2D eigenvalue weighted by molar-refractivity contribution is 9.09. The van der Waals surface area contributed by atoms with Crippen molar-refractivity contribution in [1.82, 2.24) is 4.98 Å². The number of oxazole rings is 1. The average molecular weight is 281 g/mol. The van der Waals surface area contributed by atoms with E-state index in [9.17, 15) is 4.79 Å². The summed E-state index contributed by atoms with van der Waals surface area (Å²) in [4.78, 5) is 17.8. The predicted molar refractivity (Wildman–Crippen MR) is 63.7 cm³/mol. The monoisotopic (exact) mass is 280 g/mol. The van der Waals surface area contributed by atoms with Crippen molar-refractivity contribution in [2.24, 2.45) is 0 Å². The first kappa shape index (κ1) is 9.84. The van der Waals surface area contributed by atoms with Gasteiger partial charge in [-0.3, -0.25) is 4.79 Å². The van der Waals surface area contributed by atoms with E-state index in [4.69, 9.17) is 4.42 Å². The number of hydrogen-bond acceptors (Lipinski definition) is 3. The number of alkyl halides is 1. The normalized spacial score (nSPS) is 20.9. The summed E-state index contributed by atoms with van der Waals surface area (Å²) in [6, 6.07) is 5.61.